The molecule has 1 aromatic carbocycles. The van der Waals surface area contributed by atoms with Crippen LogP contribution in [0.1, 0.15) is 15.9 Å². The predicted molar refractivity (Wildman–Crippen MR) is 59.9 cm³/mol. The van der Waals surface area contributed by atoms with Gasteiger partial charge in [-0.1, -0.05) is 0 Å². The zero-order chi connectivity index (χ0) is 12.1. The fourth-order valence-corrected chi connectivity index (χ4v) is 1.38. The van der Waals surface area contributed by atoms with Gasteiger partial charge in [-0.05, 0) is 26.0 Å². The van der Waals surface area contributed by atoms with Crippen molar-refractivity contribution in [1.29, 1.82) is 0 Å². The van der Waals surface area contributed by atoms with Crippen LogP contribution in [-0.4, -0.2) is 26.8 Å². The molecule has 0 atom stereocenters. The maximum Gasteiger partial charge on any atom is 0.338 e. The lowest BCUT2D eigenvalue weighted by Gasteiger charge is -2.11. The zero-order valence-electron chi connectivity index (χ0n) is 9.70. The number of carbonyl (C=O) groups excluding carboxylic acids is 1. The average molecular weight is 223 g/mol. The van der Waals surface area contributed by atoms with Gasteiger partial charge in [0, 0.05) is 5.56 Å². The number of benzene rings is 1. The number of rotatable bonds is 4. The van der Waals surface area contributed by atoms with Crippen molar-refractivity contribution in [3.8, 4) is 11.5 Å². The monoisotopic (exact) mass is 223 g/mol. The Bertz CT molecular complexity index is 360. The number of hydrogen-bond donors (Lipinski definition) is 0. The van der Waals surface area contributed by atoms with Gasteiger partial charge in [0.25, 0.3) is 0 Å². The van der Waals surface area contributed by atoms with Crippen LogP contribution in [0.2, 0.25) is 0 Å². The summed E-state index contributed by atoms with van der Waals surface area (Å²) in [4.78, 5) is 11.5. The highest BCUT2D eigenvalue weighted by molar-refractivity contribution is 5.90. The third-order valence-corrected chi connectivity index (χ3v) is 2.22. The second-order valence-corrected chi connectivity index (χ2v) is 3.14. The molecule has 87 valence electrons. The van der Waals surface area contributed by atoms with Crippen LogP contribution in [0.4, 0.5) is 0 Å². The van der Waals surface area contributed by atoms with E-state index in [-0.39, 0.29) is 6.61 Å². The molecular formula is C12H15O4. The third-order valence-electron chi connectivity index (χ3n) is 2.22. The van der Waals surface area contributed by atoms with Gasteiger partial charge in [-0.15, -0.1) is 0 Å². The number of carbonyl (C=O) groups is 1. The fourth-order valence-electron chi connectivity index (χ4n) is 1.38. The summed E-state index contributed by atoms with van der Waals surface area (Å²) in [6.45, 7) is 5.40. The van der Waals surface area contributed by atoms with E-state index < -0.39 is 5.97 Å². The van der Waals surface area contributed by atoms with E-state index in [4.69, 9.17) is 14.2 Å². The van der Waals surface area contributed by atoms with E-state index in [1.165, 1.54) is 14.2 Å². The van der Waals surface area contributed by atoms with Crippen LogP contribution in [0.25, 0.3) is 0 Å². The molecule has 16 heavy (non-hydrogen) atoms. The van der Waals surface area contributed by atoms with Crippen molar-refractivity contribution >= 4 is 5.97 Å². The van der Waals surface area contributed by atoms with Crippen molar-refractivity contribution in [1.82, 2.24) is 0 Å². The predicted octanol–water partition coefficient (Wildman–Crippen LogP) is 2.00. The molecule has 1 aromatic rings. The minimum Gasteiger partial charge on any atom is -0.496 e. The molecule has 1 rings (SSSR count). The van der Waals surface area contributed by atoms with Crippen LogP contribution in [0.15, 0.2) is 12.1 Å². The van der Waals surface area contributed by atoms with E-state index in [0.717, 1.165) is 5.56 Å². The molecule has 0 N–H and O–H groups in total. The molecule has 0 saturated heterocycles. The molecule has 4 heteroatoms. The molecule has 0 aliphatic carbocycles. The highest BCUT2D eigenvalue weighted by atomic mass is 16.5. The molecule has 4 nitrogen and oxygen atoms in total. The Balaban J connectivity index is 3.16. The van der Waals surface area contributed by atoms with Gasteiger partial charge in [-0.3, -0.25) is 0 Å². The van der Waals surface area contributed by atoms with Crippen molar-refractivity contribution in [3.63, 3.8) is 0 Å². The summed E-state index contributed by atoms with van der Waals surface area (Å²) in [6.07, 6.45) is 0. The highest BCUT2D eigenvalue weighted by Crippen LogP contribution is 2.29. The largest absolute Gasteiger partial charge is 0.496 e. The minimum atomic E-state index is -0.438. The van der Waals surface area contributed by atoms with Gasteiger partial charge in [-0.25, -0.2) is 4.79 Å². The third kappa shape index (κ3) is 2.45. The van der Waals surface area contributed by atoms with E-state index in [0.29, 0.717) is 17.1 Å². The van der Waals surface area contributed by atoms with Crippen molar-refractivity contribution in [2.24, 2.45) is 0 Å². The van der Waals surface area contributed by atoms with E-state index in [1.807, 2.05) is 6.92 Å². The van der Waals surface area contributed by atoms with Gasteiger partial charge in [0.05, 0.1) is 26.4 Å². The lowest BCUT2D eigenvalue weighted by molar-refractivity contribution is 0.0546. The second kappa shape index (κ2) is 5.39. The van der Waals surface area contributed by atoms with Crippen molar-refractivity contribution in [2.45, 2.75) is 6.92 Å². The maximum atomic E-state index is 11.5. The number of esters is 1. The SMILES string of the molecule is [CH2]COC(=O)c1cc(OC)c(C)c(OC)c1. The van der Waals surface area contributed by atoms with Crippen LogP contribution in [0.3, 0.4) is 0 Å². The average Bonchev–Trinajstić information content (AvgIpc) is 2.29. The number of methoxy groups -OCH3 is 2. The van der Waals surface area contributed by atoms with E-state index in [1.54, 1.807) is 12.1 Å². The Labute approximate surface area is 95.1 Å². The minimum absolute atomic E-state index is 0.0946. The second-order valence-electron chi connectivity index (χ2n) is 3.14. The molecule has 0 amide bonds. The topological polar surface area (TPSA) is 44.8 Å². The Kier molecular flexibility index (Phi) is 4.17. The lowest BCUT2D eigenvalue weighted by Crippen LogP contribution is -2.06. The van der Waals surface area contributed by atoms with Gasteiger partial charge >= 0.3 is 5.97 Å². The quantitative estimate of drug-likeness (QED) is 0.732. The first kappa shape index (κ1) is 12.4. The first-order chi connectivity index (χ1) is 7.63. The van der Waals surface area contributed by atoms with Crippen LogP contribution in [0, 0.1) is 13.8 Å². The van der Waals surface area contributed by atoms with Crippen molar-refractivity contribution in [2.75, 3.05) is 20.8 Å². The summed E-state index contributed by atoms with van der Waals surface area (Å²) in [7, 11) is 3.08. The molecule has 0 fully saturated rings. The van der Waals surface area contributed by atoms with Crippen LogP contribution in [0.5, 0.6) is 11.5 Å². The molecule has 0 bridgehead atoms. The number of ether oxygens (including phenoxy) is 3. The lowest BCUT2D eigenvalue weighted by atomic mass is 10.1. The van der Waals surface area contributed by atoms with Crippen LogP contribution >= 0.6 is 0 Å². The van der Waals surface area contributed by atoms with Crippen molar-refractivity contribution < 1.29 is 19.0 Å². The molecule has 0 saturated carbocycles. The standard InChI is InChI=1S/C12H15O4/c1-5-16-12(13)9-6-10(14-3)8(2)11(7-9)15-4/h6-7H,1,5H2,2-4H3. The molecule has 0 aromatic heterocycles. The molecular weight excluding hydrogens is 208 g/mol. The first-order valence-electron chi connectivity index (χ1n) is 4.83. The van der Waals surface area contributed by atoms with E-state index in [9.17, 15) is 4.79 Å². The first-order valence-corrected chi connectivity index (χ1v) is 4.83. The highest BCUT2D eigenvalue weighted by Gasteiger charge is 2.13. The van der Waals surface area contributed by atoms with E-state index in [2.05, 4.69) is 6.92 Å². The molecule has 0 aliphatic rings. The summed E-state index contributed by atoms with van der Waals surface area (Å²) in [5.41, 5.74) is 1.24. The maximum absolute atomic E-state index is 11.5. The molecule has 1 radical (unpaired) electrons. The van der Waals surface area contributed by atoms with E-state index >= 15 is 0 Å². The number of hydrogen-bond acceptors (Lipinski definition) is 4. The summed E-state index contributed by atoms with van der Waals surface area (Å²) < 4.78 is 15.1. The van der Waals surface area contributed by atoms with Gasteiger partial charge in [-0.2, -0.15) is 0 Å². The van der Waals surface area contributed by atoms with Crippen molar-refractivity contribution in [3.05, 3.63) is 30.2 Å². The molecule has 0 heterocycles. The van der Waals surface area contributed by atoms with Gasteiger partial charge in [0.2, 0.25) is 0 Å². The van der Waals surface area contributed by atoms with Gasteiger partial charge in [0.15, 0.2) is 0 Å². The Morgan fingerprint density at radius 1 is 1.25 bits per heavy atom. The molecule has 0 spiro atoms. The summed E-state index contributed by atoms with van der Waals surface area (Å²) in [5.74, 6) is 0.748. The molecule has 0 unspecified atom stereocenters. The molecule has 0 aliphatic heterocycles. The summed E-state index contributed by atoms with van der Waals surface area (Å²) in [5, 5.41) is 0. The van der Waals surface area contributed by atoms with Crippen LogP contribution in [-0.2, 0) is 4.74 Å². The normalized spacial score (nSPS) is 9.75. The fraction of sp³-hybridized carbons (Fsp3) is 0.333. The summed E-state index contributed by atoms with van der Waals surface area (Å²) >= 11 is 0. The Hall–Kier alpha value is -1.71. The smallest absolute Gasteiger partial charge is 0.338 e. The van der Waals surface area contributed by atoms with Gasteiger partial charge in [0.1, 0.15) is 11.5 Å². The van der Waals surface area contributed by atoms with Gasteiger partial charge < -0.3 is 14.2 Å². The summed E-state index contributed by atoms with van der Waals surface area (Å²) in [6, 6.07) is 3.24. The zero-order valence-corrected chi connectivity index (χ0v) is 9.70. The Morgan fingerprint density at radius 3 is 2.12 bits per heavy atom. The Morgan fingerprint density at radius 2 is 1.75 bits per heavy atom. The van der Waals surface area contributed by atoms with Crippen LogP contribution < -0.4 is 9.47 Å².